The molecule has 3 aromatic rings. The van der Waals surface area contributed by atoms with Gasteiger partial charge in [-0.25, -0.2) is 26.0 Å². The summed E-state index contributed by atoms with van der Waals surface area (Å²) < 4.78 is 83.4. The number of rotatable bonds is 4. The molecule has 27 heavy (non-hydrogen) atoms. The van der Waals surface area contributed by atoms with Crippen LogP contribution in [0.1, 0.15) is 5.76 Å². The number of hydrogen-bond acceptors (Lipinski definition) is 5. The third-order valence-electron chi connectivity index (χ3n) is 3.79. The molecule has 1 N–H and O–H groups in total. The van der Waals surface area contributed by atoms with Crippen molar-refractivity contribution in [3.8, 4) is 22.4 Å². The Labute approximate surface area is 150 Å². The zero-order chi connectivity index (χ0) is 19.9. The van der Waals surface area contributed by atoms with Gasteiger partial charge in [0.05, 0.1) is 5.56 Å². The minimum absolute atomic E-state index is 0.0145. The fourth-order valence-corrected chi connectivity index (χ4v) is 3.29. The summed E-state index contributed by atoms with van der Waals surface area (Å²) in [5.41, 5.74) is -0.854. The van der Waals surface area contributed by atoms with Crippen LogP contribution in [0.2, 0.25) is 0 Å². The maximum absolute atomic E-state index is 14.6. The molecule has 0 unspecified atom stereocenters. The van der Waals surface area contributed by atoms with Crippen molar-refractivity contribution in [2.24, 2.45) is 0 Å². The lowest BCUT2D eigenvalue weighted by Gasteiger charge is -2.08. The summed E-state index contributed by atoms with van der Waals surface area (Å²) in [6.45, 7) is -0.749. The Bertz CT molecular complexity index is 1140. The Morgan fingerprint density at radius 1 is 1.00 bits per heavy atom. The number of nitrogens with zero attached hydrogens (tertiary/aromatic N) is 1. The molecule has 0 radical (unpaired) electrons. The highest BCUT2D eigenvalue weighted by Gasteiger charge is 2.25. The summed E-state index contributed by atoms with van der Waals surface area (Å²) >= 11 is 0. The molecule has 10 heteroatoms. The van der Waals surface area contributed by atoms with Crippen LogP contribution in [0, 0.1) is 23.3 Å². The predicted molar refractivity (Wildman–Crippen MR) is 86.2 cm³/mol. The molecule has 0 aliphatic rings. The Balaban J connectivity index is 2.27. The standard InChI is InChI=1S/C17H11F4NO4S/c1-27(24,25)15-6-11(19)9(5-13(15)21)16-14(7-23)26-22-17(16)8-2-3-10(18)12(20)4-8/h2-6,23H,7H2,1H3. The highest BCUT2D eigenvalue weighted by molar-refractivity contribution is 7.90. The molecule has 0 aliphatic carbocycles. The van der Waals surface area contributed by atoms with E-state index in [0.717, 1.165) is 24.5 Å². The number of benzene rings is 2. The second-order valence-corrected chi connectivity index (χ2v) is 7.64. The number of aromatic nitrogens is 1. The van der Waals surface area contributed by atoms with Crippen LogP contribution in [0.25, 0.3) is 22.4 Å². The fourth-order valence-electron chi connectivity index (χ4n) is 2.55. The molecule has 0 fully saturated rings. The van der Waals surface area contributed by atoms with Gasteiger partial charge in [0.25, 0.3) is 0 Å². The molecule has 1 heterocycles. The maximum atomic E-state index is 14.6. The van der Waals surface area contributed by atoms with E-state index in [2.05, 4.69) is 5.16 Å². The van der Waals surface area contributed by atoms with E-state index in [4.69, 9.17) is 4.52 Å². The van der Waals surface area contributed by atoms with Crippen molar-refractivity contribution in [2.45, 2.75) is 11.5 Å². The molecule has 0 amide bonds. The average molecular weight is 401 g/mol. The molecule has 0 aliphatic heterocycles. The number of hydrogen-bond donors (Lipinski definition) is 1. The topological polar surface area (TPSA) is 80.4 Å². The molecule has 0 saturated heterocycles. The highest BCUT2D eigenvalue weighted by atomic mass is 32.2. The van der Waals surface area contributed by atoms with E-state index in [9.17, 15) is 31.1 Å². The van der Waals surface area contributed by atoms with Crippen LogP contribution in [0.5, 0.6) is 0 Å². The average Bonchev–Trinajstić information content (AvgIpc) is 3.01. The third kappa shape index (κ3) is 3.45. The maximum Gasteiger partial charge on any atom is 0.178 e. The summed E-state index contributed by atoms with van der Waals surface area (Å²) in [5, 5.41) is 13.0. The molecule has 2 aromatic carbocycles. The van der Waals surface area contributed by atoms with Crippen LogP contribution in [0.15, 0.2) is 39.8 Å². The van der Waals surface area contributed by atoms with Crippen molar-refractivity contribution >= 4 is 9.84 Å². The second-order valence-electron chi connectivity index (χ2n) is 5.65. The first-order chi connectivity index (χ1) is 12.6. The first kappa shape index (κ1) is 19.1. The van der Waals surface area contributed by atoms with Crippen LogP contribution in [-0.4, -0.2) is 24.9 Å². The largest absolute Gasteiger partial charge is 0.388 e. The number of aliphatic hydroxyl groups is 1. The van der Waals surface area contributed by atoms with Crippen molar-refractivity contribution in [3.05, 3.63) is 59.4 Å². The van der Waals surface area contributed by atoms with Gasteiger partial charge in [-0.3, -0.25) is 0 Å². The van der Waals surface area contributed by atoms with Crippen molar-refractivity contribution in [1.82, 2.24) is 5.16 Å². The van der Waals surface area contributed by atoms with Gasteiger partial charge in [0.1, 0.15) is 28.8 Å². The Morgan fingerprint density at radius 3 is 2.30 bits per heavy atom. The normalized spacial score (nSPS) is 11.8. The molecule has 5 nitrogen and oxygen atoms in total. The minimum Gasteiger partial charge on any atom is -0.388 e. The molecule has 1 aromatic heterocycles. The van der Waals surface area contributed by atoms with Gasteiger partial charge >= 0.3 is 0 Å². The van der Waals surface area contributed by atoms with Gasteiger partial charge in [0, 0.05) is 17.4 Å². The van der Waals surface area contributed by atoms with Gasteiger partial charge < -0.3 is 9.63 Å². The summed E-state index contributed by atoms with van der Waals surface area (Å²) in [5.74, 6) is -4.94. The smallest absolute Gasteiger partial charge is 0.178 e. The molecule has 0 atom stereocenters. The molecule has 0 spiro atoms. The summed E-state index contributed by atoms with van der Waals surface area (Å²) in [6.07, 6.45) is 0.718. The lowest BCUT2D eigenvalue weighted by molar-refractivity contribution is 0.230. The van der Waals surface area contributed by atoms with E-state index in [-0.39, 0.29) is 22.6 Å². The van der Waals surface area contributed by atoms with Crippen LogP contribution < -0.4 is 0 Å². The first-order valence-corrected chi connectivity index (χ1v) is 9.27. The summed E-state index contributed by atoms with van der Waals surface area (Å²) in [6, 6.07) is 3.83. The fraction of sp³-hybridized carbons (Fsp3) is 0.118. The van der Waals surface area contributed by atoms with E-state index in [1.165, 1.54) is 0 Å². The number of sulfone groups is 1. The van der Waals surface area contributed by atoms with E-state index in [1.54, 1.807) is 0 Å². The van der Waals surface area contributed by atoms with Gasteiger partial charge in [0.2, 0.25) is 0 Å². The van der Waals surface area contributed by atoms with Crippen molar-refractivity contribution < 1.29 is 35.6 Å². The van der Waals surface area contributed by atoms with Crippen molar-refractivity contribution in [1.29, 1.82) is 0 Å². The SMILES string of the molecule is CS(=O)(=O)c1cc(F)c(-c2c(-c3ccc(F)c(F)c3)noc2CO)cc1F. The molecule has 0 bridgehead atoms. The molecular weight excluding hydrogens is 390 g/mol. The first-order valence-electron chi connectivity index (χ1n) is 7.37. The monoisotopic (exact) mass is 401 g/mol. The van der Waals surface area contributed by atoms with Crippen molar-refractivity contribution in [2.75, 3.05) is 6.26 Å². The van der Waals surface area contributed by atoms with Crippen LogP contribution in [0.3, 0.4) is 0 Å². The van der Waals surface area contributed by atoms with E-state index in [0.29, 0.717) is 12.1 Å². The van der Waals surface area contributed by atoms with Gasteiger partial charge in [-0.15, -0.1) is 0 Å². The quantitative estimate of drug-likeness (QED) is 0.678. The van der Waals surface area contributed by atoms with Gasteiger partial charge in [0.15, 0.2) is 27.2 Å². The van der Waals surface area contributed by atoms with Gasteiger partial charge in [-0.2, -0.15) is 0 Å². The number of aliphatic hydroxyl groups excluding tert-OH is 1. The van der Waals surface area contributed by atoms with E-state index < -0.39 is 50.2 Å². The van der Waals surface area contributed by atoms with E-state index >= 15 is 0 Å². The summed E-state index contributed by atoms with van der Waals surface area (Å²) in [7, 11) is -4.02. The predicted octanol–water partition coefficient (Wildman–Crippen LogP) is 3.46. The molecule has 3 rings (SSSR count). The summed E-state index contributed by atoms with van der Waals surface area (Å²) in [4.78, 5) is -0.847. The van der Waals surface area contributed by atoms with E-state index in [1.807, 2.05) is 0 Å². The molecule has 0 saturated carbocycles. The van der Waals surface area contributed by atoms with Crippen LogP contribution in [0.4, 0.5) is 17.6 Å². The lowest BCUT2D eigenvalue weighted by Crippen LogP contribution is -2.03. The molecular formula is C17H11F4NO4S. The Hall–Kier alpha value is -2.72. The van der Waals surface area contributed by atoms with Gasteiger partial charge in [-0.1, -0.05) is 5.16 Å². The third-order valence-corrected chi connectivity index (χ3v) is 4.90. The van der Waals surface area contributed by atoms with Crippen LogP contribution >= 0.6 is 0 Å². The minimum atomic E-state index is -4.02. The highest BCUT2D eigenvalue weighted by Crippen LogP contribution is 2.38. The lowest BCUT2D eigenvalue weighted by atomic mass is 9.98. The molecule has 142 valence electrons. The zero-order valence-corrected chi connectivity index (χ0v) is 14.4. The number of halogens is 4. The second kappa shape index (κ2) is 6.78. The van der Waals surface area contributed by atoms with Gasteiger partial charge in [-0.05, 0) is 30.3 Å². The zero-order valence-electron chi connectivity index (χ0n) is 13.6. The Morgan fingerprint density at radius 2 is 1.70 bits per heavy atom. The Kier molecular flexibility index (Phi) is 4.79. The van der Waals surface area contributed by atoms with Crippen LogP contribution in [-0.2, 0) is 16.4 Å². The van der Waals surface area contributed by atoms with Crippen molar-refractivity contribution in [3.63, 3.8) is 0 Å².